The molecule has 0 aliphatic rings. The molecule has 2 rings (SSSR count). The molecular formula is C10H5N3O3S. The van der Waals surface area contributed by atoms with Gasteiger partial charge in [0.1, 0.15) is 16.7 Å². The summed E-state index contributed by atoms with van der Waals surface area (Å²) in [6, 6.07) is 3.20. The Morgan fingerprint density at radius 2 is 2.24 bits per heavy atom. The molecule has 7 heteroatoms. The van der Waals surface area contributed by atoms with Gasteiger partial charge in [-0.1, -0.05) is 0 Å². The summed E-state index contributed by atoms with van der Waals surface area (Å²) in [5.74, 6) is -0.640. The van der Waals surface area contributed by atoms with Crippen LogP contribution < -0.4 is 4.74 Å². The molecule has 0 aromatic carbocycles. The van der Waals surface area contributed by atoms with Crippen LogP contribution in [0.25, 0.3) is 0 Å². The lowest BCUT2D eigenvalue weighted by Crippen LogP contribution is -1.93. The number of aromatic carboxylic acids is 1. The van der Waals surface area contributed by atoms with Gasteiger partial charge in [-0.15, -0.1) is 11.3 Å². The Labute approximate surface area is 99.8 Å². The number of rotatable bonds is 3. The van der Waals surface area contributed by atoms with Gasteiger partial charge in [-0.2, -0.15) is 5.26 Å². The van der Waals surface area contributed by atoms with Gasteiger partial charge in [-0.25, -0.2) is 14.8 Å². The van der Waals surface area contributed by atoms with E-state index in [2.05, 4.69) is 9.97 Å². The van der Waals surface area contributed by atoms with Crippen LogP contribution in [0.2, 0.25) is 0 Å². The lowest BCUT2D eigenvalue weighted by Gasteiger charge is -2.01. The van der Waals surface area contributed by atoms with Crippen molar-refractivity contribution in [2.75, 3.05) is 0 Å². The molecule has 1 N–H and O–H groups in total. The highest BCUT2D eigenvalue weighted by Crippen LogP contribution is 2.26. The Kier molecular flexibility index (Phi) is 2.98. The monoisotopic (exact) mass is 247 g/mol. The Morgan fingerprint density at radius 1 is 1.47 bits per heavy atom. The highest BCUT2D eigenvalue weighted by Gasteiger charge is 2.11. The Bertz CT molecular complexity index is 603. The standard InChI is InChI=1S/C10H5N3O3S/c11-4-7-9(13-2-1-12-7)16-6-3-8(10(14)15)17-5-6/h1-3,5H,(H,14,15). The van der Waals surface area contributed by atoms with E-state index < -0.39 is 5.97 Å². The molecule has 0 aliphatic carbocycles. The van der Waals surface area contributed by atoms with Crippen LogP contribution in [0.15, 0.2) is 23.8 Å². The summed E-state index contributed by atoms with van der Waals surface area (Å²) in [7, 11) is 0. The van der Waals surface area contributed by atoms with E-state index in [-0.39, 0.29) is 16.5 Å². The van der Waals surface area contributed by atoms with E-state index in [9.17, 15) is 4.79 Å². The minimum Gasteiger partial charge on any atom is -0.477 e. The first-order chi connectivity index (χ1) is 8.20. The molecular weight excluding hydrogens is 242 g/mol. The third kappa shape index (κ3) is 2.38. The third-order valence-electron chi connectivity index (χ3n) is 1.77. The van der Waals surface area contributed by atoms with Gasteiger partial charge in [0, 0.05) is 23.8 Å². The van der Waals surface area contributed by atoms with Crippen LogP contribution in [-0.4, -0.2) is 21.0 Å². The van der Waals surface area contributed by atoms with Crippen LogP contribution in [0.5, 0.6) is 11.6 Å². The minimum atomic E-state index is -1.02. The number of ether oxygens (including phenoxy) is 1. The maximum Gasteiger partial charge on any atom is 0.346 e. The topological polar surface area (TPSA) is 96.1 Å². The van der Waals surface area contributed by atoms with Gasteiger partial charge in [0.2, 0.25) is 5.69 Å². The second-order valence-corrected chi connectivity index (χ2v) is 3.79. The average molecular weight is 247 g/mol. The van der Waals surface area contributed by atoms with Gasteiger partial charge in [0.15, 0.2) is 0 Å². The number of nitrogens with zero attached hydrogens (tertiary/aromatic N) is 3. The van der Waals surface area contributed by atoms with E-state index in [1.54, 1.807) is 0 Å². The van der Waals surface area contributed by atoms with E-state index in [1.807, 2.05) is 6.07 Å². The highest BCUT2D eigenvalue weighted by atomic mass is 32.1. The molecule has 84 valence electrons. The lowest BCUT2D eigenvalue weighted by molar-refractivity contribution is 0.0702. The zero-order valence-corrected chi connectivity index (χ0v) is 9.14. The van der Waals surface area contributed by atoms with E-state index >= 15 is 0 Å². The van der Waals surface area contributed by atoms with Gasteiger partial charge in [0.05, 0.1) is 0 Å². The summed E-state index contributed by atoms with van der Waals surface area (Å²) >= 11 is 1.03. The van der Waals surface area contributed by atoms with Gasteiger partial charge < -0.3 is 9.84 Å². The predicted octanol–water partition coefficient (Wildman–Crippen LogP) is 1.90. The van der Waals surface area contributed by atoms with Gasteiger partial charge in [-0.05, 0) is 0 Å². The molecule has 0 unspecified atom stereocenters. The van der Waals surface area contributed by atoms with Crippen LogP contribution in [-0.2, 0) is 0 Å². The maximum atomic E-state index is 10.7. The van der Waals surface area contributed by atoms with E-state index in [0.29, 0.717) is 5.75 Å². The van der Waals surface area contributed by atoms with Crippen molar-refractivity contribution in [3.63, 3.8) is 0 Å². The molecule has 0 bridgehead atoms. The Morgan fingerprint density at radius 3 is 2.88 bits per heavy atom. The van der Waals surface area contributed by atoms with Crippen molar-refractivity contribution in [3.05, 3.63) is 34.4 Å². The molecule has 0 saturated carbocycles. The normalized spacial score (nSPS) is 9.59. The van der Waals surface area contributed by atoms with Gasteiger partial charge in [-0.3, -0.25) is 0 Å². The first-order valence-corrected chi connectivity index (χ1v) is 5.29. The average Bonchev–Trinajstić information content (AvgIpc) is 2.78. The number of nitriles is 1. The molecule has 2 aromatic heterocycles. The number of carboxylic acid groups (broad SMARTS) is 1. The lowest BCUT2D eigenvalue weighted by atomic mass is 10.4. The number of hydrogen-bond acceptors (Lipinski definition) is 6. The zero-order valence-electron chi connectivity index (χ0n) is 8.32. The summed E-state index contributed by atoms with van der Waals surface area (Å²) in [5.41, 5.74) is 0.0515. The summed E-state index contributed by atoms with van der Waals surface area (Å²) in [4.78, 5) is 18.4. The van der Waals surface area contributed by atoms with E-state index in [1.165, 1.54) is 23.8 Å². The molecule has 6 nitrogen and oxygen atoms in total. The second-order valence-electron chi connectivity index (χ2n) is 2.88. The fourth-order valence-corrected chi connectivity index (χ4v) is 1.72. The summed E-state index contributed by atoms with van der Waals surface area (Å²) in [6.07, 6.45) is 2.77. The molecule has 17 heavy (non-hydrogen) atoms. The van der Waals surface area contributed by atoms with Crippen LogP contribution in [0.1, 0.15) is 15.4 Å². The molecule has 0 spiro atoms. The van der Waals surface area contributed by atoms with Crippen molar-refractivity contribution in [2.45, 2.75) is 0 Å². The number of carbonyl (C=O) groups is 1. The van der Waals surface area contributed by atoms with Crippen LogP contribution >= 0.6 is 11.3 Å². The van der Waals surface area contributed by atoms with Crippen molar-refractivity contribution >= 4 is 17.3 Å². The largest absolute Gasteiger partial charge is 0.477 e. The molecule has 0 saturated heterocycles. The van der Waals surface area contributed by atoms with Crippen LogP contribution in [0.3, 0.4) is 0 Å². The van der Waals surface area contributed by atoms with Crippen molar-refractivity contribution in [2.24, 2.45) is 0 Å². The fourth-order valence-electron chi connectivity index (χ4n) is 1.07. The summed E-state index contributed by atoms with van der Waals surface area (Å²) in [6.45, 7) is 0. The Balaban J connectivity index is 2.26. The van der Waals surface area contributed by atoms with Gasteiger partial charge >= 0.3 is 5.97 Å². The maximum absolute atomic E-state index is 10.7. The molecule has 0 amide bonds. The summed E-state index contributed by atoms with van der Waals surface area (Å²) in [5, 5.41) is 19.0. The van der Waals surface area contributed by atoms with Crippen molar-refractivity contribution < 1.29 is 14.6 Å². The first-order valence-electron chi connectivity index (χ1n) is 4.41. The Hall–Kier alpha value is -2.46. The van der Waals surface area contributed by atoms with Crippen LogP contribution in [0, 0.1) is 11.3 Å². The fraction of sp³-hybridized carbons (Fsp3) is 0. The molecule has 0 fully saturated rings. The zero-order chi connectivity index (χ0) is 12.3. The first kappa shape index (κ1) is 11.0. The molecule has 2 aromatic rings. The van der Waals surface area contributed by atoms with E-state index in [4.69, 9.17) is 15.1 Å². The van der Waals surface area contributed by atoms with Crippen molar-refractivity contribution in [3.8, 4) is 17.7 Å². The van der Waals surface area contributed by atoms with Crippen molar-refractivity contribution in [1.29, 1.82) is 5.26 Å². The number of aromatic nitrogens is 2. The molecule has 0 aliphatic heterocycles. The second kappa shape index (κ2) is 4.59. The van der Waals surface area contributed by atoms with Crippen molar-refractivity contribution in [1.82, 2.24) is 9.97 Å². The van der Waals surface area contributed by atoms with E-state index in [0.717, 1.165) is 11.3 Å². The highest BCUT2D eigenvalue weighted by molar-refractivity contribution is 7.12. The predicted molar refractivity (Wildman–Crippen MR) is 58.1 cm³/mol. The molecule has 2 heterocycles. The van der Waals surface area contributed by atoms with Gasteiger partial charge in [0.25, 0.3) is 5.88 Å². The molecule has 0 atom stereocenters. The van der Waals surface area contributed by atoms with Crippen LogP contribution in [0.4, 0.5) is 0 Å². The summed E-state index contributed by atoms with van der Waals surface area (Å²) < 4.78 is 5.28. The number of thiophene rings is 1. The smallest absolute Gasteiger partial charge is 0.346 e. The molecule has 0 radical (unpaired) electrons. The quantitative estimate of drug-likeness (QED) is 0.889. The number of carboxylic acids is 1. The third-order valence-corrected chi connectivity index (χ3v) is 2.67. The minimum absolute atomic E-state index is 0.0515. The SMILES string of the molecule is N#Cc1nccnc1Oc1csc(C(=O)O)c1. The number of hydrogen-bond donors (Lipinski definition) is 1.